The Morgan fingerprint density at radius 1 is 1.20 bits per heavy atom. The molecule has 9 heteroatoms. The summed E-state index contributed by atoms with van der Waals surface area (Å²) in [6.07, 6.45) is 2.64. The number of carbonyl (C=O) groups is 1. The van der Waals surface area contributed by atoms with Gasteiger partial charge in [0.2, 0.25) is 0 Å². The van der Waals surface area contributed by atoms with Gasteiger partial charge in [-0.15, -0.1) is 11.3 Å². The maximum absolute atomic E-state index is 12.6. The SMILES string of the molecule is Cc1cccc(S(=O)(=O)Nc2ccc(C(=O)N[C@H]3CCN(c4nccs4)C3)cc2)c1. The lowest BCUT2D eigenvalue weighted by molar-refractivity contribution is 0.0940. The average Bonchev–Trinajstić information content (AvgIpc) is 3.40. The van der Waals surface area contributed by atoms with Gasteiger partial charge in [-0.1, -0.05) is 12.1 Å². The highest BCUT2D eigenvalue weighted by molar-refractivity contribution is 7.92. The molecule has 0 radical (unpaired) electrons. The molecule has 0 unspecified atom stereocenters. The first-order chi connectivity index (χ1) is 14.4. The summed E-state index contributed by atoms with van der Waals surface area (Å²) in [6, 6.07) is 13.2. The molecular weight excluding hydrogens is 420 g/mol. The van der Waals surface area contributed by atoms with Gasteiger partial charge in [-0.2, -0.15) is 0 Å². The summed E-state index contributed by atoms with van der Waals surface area (Å²) in [4.78, 5) is 19.2. The molecule has 2 heterocycles. The molecule has 3 aromatic rings. The van der Waals surface area contributed by atoms with Crippen molar-refractivity contribution in [3.8, 4) is 0 Å². The predicted molar refractivity (Wildman–Crippen MR) is 119 cm³/mol. The molecule has 0 aliphatic carbocycles. The average molecular weight is 443 g/mol. The number of benzene rings is 2. The summed E-state index contributed by atoms with van der Waals surface area (Å²) in [5, 5.41) is 5.95. The molecule has 156 valence electrons. The Morgan fingerprint density at radius 3 is 2.70 bits per heavy atom. The molecule has 4 rings (SSSR count). The number of nitrogens with zero attached hydrogens (tertiary/aromatic N) is 2. The van der Waals surface area contributed by atoms with Crippen molar-refractivity contribution >= 4 is 38.1 Å². The minimum absolute atomic E-state index is 0.0564. The van der Waals surface area contributed by atoms with Gasteiger partial charge in [-0.05, 0) is 55.3 Å². The molecule has 0 spiro atoms. The molecule has 1 saturated heterocycles. The van der Waals surface area contributed by atoms with Crippen LogP contribution in [0, 0.1) is 6.92 Å². The third-order valence-electron chi connectivity index (χ3n) is 4.91. The summed E-state index contributed by atoms with van der Waals surface area (Å²) in [5.41, 5.74) is 1.76. The number of hydrogen-bond donors (Lipinski definition) is 2. The largest absolute Gasteiger partial charge is 0.347 e. The van der Waals surface area contributed by atoms with E-state index in [1.165, 1.54) is 0 Å². The van der Waals surface area contributed by atoms with Gasteiger partial charge in [0.1, 0.15) is 0 Å². The molecule has 2 N–H and O–H groups in total. The third kappa shape index (κ3) is 4.63. The molecule has 1 aliphatic heterocycles. The molecule has 1 fully saturated rings. The van der Waals surface area contributed by atoms with Crippen LogP contribution in [0.4, 0.5) is 10.8 Å². The zero-order valence-corrected chi connectivity index (χ0v) is 18.0. The van der Waals surface area contributed by atoms with Crippen molar-refractivity contribution < 1.29 is 13.2 Å². The standard InChI is InChI=1S/C21H22N4O3S2/c1-15-3-2-4-19(13-15)30(27,28)24-17-7-5-16(6-8-17)20(26)23-18-9-11-25(14-18)21-22-10-12-29-21/h2-8,10,12-13,18,24H,9,11,14H2,1H3,(H,23,26)/t18-/m0/s1. The highest BCUT2D eigenvalue weighted by Gasteiger charge is 2.25. The monoisotopic (exact) mass is 442 g/mol. The Kier molecular flexibility index (Phi) is 5.74. The van der Waals surface area contributed by atoms with Gasteiger partial charge in [-0.3, -0.25) is 9.52 Å². The second kappa shape index (κ2) is 8.45. The van der Waals surface area contributed by atoms with E-state index in [9.17, 15) is 13.2 Å². The van der Waals surface area contributed by atoms with Gasteiger partial charge in [0.15, 0.2) is 5.13 Å². The third-order valence-corrected chi connectivity index (χ3v) is 7.12. The fourth-order valence-corrected chi connectivity index (χ4v) is 5.22. The predicted octanol–water partition coefficient (Wildman–Crippen LogP) is 3.26. The quantitative estimate of drug-likeness (QED) is 0.611. The Balaban J connectivity index is 1.37. The van der Waals surface area contributed by atoms with Gasteiger partial charge in [0, 0.05) is 42.0 Å². The van der Waals surface area contributed by atoms with Crippen LogP contribution in [0.5, 0.6) is 0 Å². The van der Waals surface area contributed by atoms with Gasteiger partial charge < -0.3 is 10.2 Å². The topological polar surface area (TPSA) is 91.4 Å². The van der Waals surface area contributed by atoms with Gasteiger partial charge >= 0.3 is 0 Å². The van der Waals surface area contributed by atoms with Crippen LogP contribution in [0.15, 0.2) is 65.0 Å². The number of aromatic nitrogens is 1. The molecule has 1 amide bonds. The number of thiazole rings is 1. The molecule has 7 nitrogen and oxygen atoms in total. The number of hydrogen-bond acceptors (Lipinski definition) is 6. The smallest absolute Gasteiger partial charge is 0.261 e. The summed E-state index contributed by atoms with van der Waals surface area (Å²) in [5.74, 6) is -0.172. The first-order valence-corrected chi connectivity index (χ1v) is 11.9. The van der Waals surface area contributed by atoms with Crippen LogP contribution in [-0.4, -0.2) is 38.4 Å². The fourth-order valence-electron chi connectivity index (χ4n) is 3.38. The second-order valence-electron chi connectivity index (χ2n) is 7.22. The Hall–Kier alpha value is -2.91. The van der Waals surface area contributed by atoms with Gasteiger partial charge in [0.05, 0.1) is 4.90 Å². The molecular formula is C21H22N4O3S2. The van der Waals surface area contributed by atoms with Crippen molar-refractivity contribution in [3.05, 3.63) is 71.2 Å². The number of carbonyl (C=O) groups excluding carboxylic acids is 1. The number of rotatable bonds is 6. The van der Waals surface area contributed by atoms with Crippen molar-refractivity contribution in [2.24, 2.45) is 0 Å². The van der Waals surface area contributed by atoms with Crippen LogP contribution in [0.3, 0.4) is 0 Å². The van der Waals surface area contributed by atoms with E-state index < -0.39 is 10.0 Å². The number of anilines is 2. The lowest BCUT2D eigenvalue weighted by Gasteiger charge is -2.16. The number of amides is 1. The van der Waals surface area contributed by atoms with E-state index in [-0.39, 0.29) is 16.8 Å². The lowest BCUT2D eigenvalue weighted by Crippen LogP contribution is -2.37. The maximum atomic E-state index is 12.6. The normalized spacial score (nSPS) is 16.4. The lowest BCUT2D eigenvalue weighted by atomic mass is 10.1. The summed E-state index contributed by atoms with van der Waals surface area (Å²) < 4.78 is 27.6. The first kappa shape index (κ1) is 20.4. The van der Waals surface area contributed by atoms with E-state index in [0.29, 0.717) is 11.3 Å². The van der Waals surface area contributed by atoms with Crippen LogP contribution in [-0.2, 0) is 10.0 Å². The van der Waals surface area contributed by atoms with Gasteiger partial charge in [0.25, 0.3) is 15.9 Å². The minimum atomic E-state index is -3.68. The molecule has 1 aromatic heterocycles. The number of sulfonamides is 1. The Morgan fingerprint density at radius 2 is 2.00 bits per heavy atom. The van der Waals surface area contributed by atoms with E-state index in [2.05, 4.69) is 19.9 Å². The van der Waals surface area contributed by atoms with Gasteiger partial charge in [-0.25, -0.2) is 13.4 Å². The Labute approximate surface area is 179 Å². The molecule has 1 aliphatic rings. The minimum Gasteiger partial charge on any atom is -0.347 e. The van der Waals surface area contributed by atoms with Crippen LogP contribution < -0.4 is 14.9 Å². The van der Waals surface area contributed by atoms with E-state index in [1.54, 1.807) is 60.0 Å². The van der Waals surface area contributed by atoms with Crippen molar-refractivity contribution in [1.82, 2.24) is 10.3 Å². The zero-order valence-electron chi connectivity index (χ0n) is 16.4. The summed E-state index contributed by atoms with van der Waals surface area (Å²) >= 11 is 1.59. The summed E-state index contributed by atoms with van der Waals surface area (Å²) in [7, 11) is -3.68. The van der Waals surface area contributed by atoms with E-state index in [0.717, 1.165) is 30.2 Å². The molecule has 0 saturated carbocycles. The van der Waals surface area contributed by atoms with E-state index >= 15 is 0 Å². The van der Waals surface area contributed by atoms with Crippen molar-refractivity contribution in [1.29, 1.82) is 0 Å². The highest BCUT2D eigenvalue weighted by atomic mass is 32.2. The van der Waals surface area contributed by atoms with Crippen molar-refractivity contribution in [2.75, 3.05) is 22.7 Å². The molecule has 30 heavy (non-hydrogen) atoms. The molecule has 1 atom stereocenters. The summed E-state index contributed by atoms with van der Waals surface area (Å²) in [6.45, 7) is 3.43. The Bertz CT molecular complexity index is 1130. The number of nitrogens with one attached hydrogen (secondary N) is 2. The molecule has 0 bridgehead atoms. The van der Waals surface area contributed by atoms with Crippen LogP contribution in [0.25, 0.3) is 0 Å². The number of aryl methyl sites for hydroxylation is 1. The van der Waals surface area contributed by atoms with E-state index in [4.69, 9.17) is 0 Å². The zero-order chi connectivity index (χ0) is 21.1. The maximum Gasteiger partial charge on any atom is 0.261 e. The van der Waals surface area contributed by atoms with Crippen molar-refractivity contribution in [3.63, 3.8) is 0 Å². The van der Waals surface area contributed by atoms with E-state index in [1.807, 2.05) is 18.4 Å². The molecule has 2 aromatic carbocycles. The van der Waals surface area contributed by atoms with Crippen LogP contribution in [0.1, 0.15) is 22.3 Å². The van der Waals surface area contributed by atoms with Crippen molar-refractivity contribution in [2.45, 2.75) is 24.3 Å². The first-order valence-electron chi connectivity index (χ1n) is 9.55. The second-order valence-corrected chi connectivity index (χ2v) is 9.77. The highest BCUT2D eigenvalue weighted by Crippen LogP contribution is 2.23. The van der Waals surface area contributed by atoms with Crippen LogP contribution in [0.2, 0.25) is 0 Å². The van der Waals surface area contributed by atoms with Crippen LogP contribution >= 0.6 is 11.3 Å². The fraction of sp³-hybridized carbons (Fsp3) is 0.238.